The monoisotopic (exact) mass is 539 g/mol. The molecule has 9 nitrogen and oxygen atoms in total. The molecule has 0 spiro atoms. The van der Waals surface area contributed by atoms with Gasteiger partial charge in [-0.15, -0.1) is 0 Å². The summed E-state index contributed by atoms with van der Waals surface area (Å²) in [6.45, 7) is 7.54. The number of hydrogen-bond acceptors (Lipinski definition) is 7. The van der Waals surface area contributed by atoms with E-state index in [0.29, 0.717) is 53.9 Å². The van der Waals surface area contributed by atoms with E-state index in [9.17, 15) is 13.2 Å². The van der Waals surface area contributed by atoms with Crippen LogP contribution in [0, 0.1) is 0 Å². The fourth-order valence-electron chi connectivity index (χ4n) is 3.28. The number of ether oxygens (including phenoxy) is 3. The maximum Gasteiger partial charge on any atom is 0.271 e. The normalized spacial score (nSPS) is 11.2. The molecule has 1 amide bonds. The van der Waals surface area contributed by atoms with Crippen LogP contribution in [0.25, 0.3) is 0 Å². The molecule has 0 saturated heterocycles. The van der Waals surface area contributed by atoms with Crippen LogP contribution < -0.4 is 24.4 Å². The quantitative estimate of drug-likeness (QED) is 0.214. The smallest absolute Gasteiger partial charge is 0.271 e. The van der Waals surface area contributed by atoms with E-state index in [2.05, 4.69) is 15.2 Å². The number of hydrogen-bond donors (Lipinski definition) is 2. The van der Waals surface area contributed by atoms with Gasteiger partial charge in [-0.1, -0.05) is 13.8 Å². The highest BCUT2D eigenvalue weighted by Crippen LogP contribution is 2.24. The second-order valence-electron chi connectivity index (χ2n) is 8.18. The van der Waals surface area contributed by atoms with Crippen molar-refractivity contribution in [2.24, 2.45) is 5.10 Å². The Morgan fingerprint density at radius 2 is 1.50 bits per heavy atom. The Labute approximate surface area is 223 Å². The first kappa shape index (κ1) is 28.5. The third kappa shape index (κ3) is 8.24. The zero-order chi connectivity index (χ0) is 27.4. The molecule has 0 aromatic heterocycles. The molecule has 10 heteroatoms. The van der Waals surface area contributed by atoms with Gasteiger partial charge in [-0.25, -0.2) is 13.8 Å². The molecule has 0 fully saturated rings. The van der Waals surface area contributed by atoms with Gasteiger partial charge in [-0.05, 0) is 80.4 Å². The second kappa shape index (κ2) is 14.0. The average Bonchev–Trinajstić information content (AvgIpc) is 2.92. The standard InChI is InChI=1S/C28H33N3O6S/c1-4-17-36-25-12-9-22(27(19-25)37-18-5-2)20-29-30-28(32)21-7-10-23(11-8-21)31-38(33,34)26-15-13-24(14-16-26)35-6-3/h7-16,19-20,31H,4-6,17-18H2,1-3H3,(H,30,32)/b29-20+. The fraction of sp³-hybridized carbons (Fsp3) is 0.286. The van der Waals surface area contributed by atoms with Gasteiger partial charge in [0, 0.05) is 22.9 Å². The highest BCUT2D eigenvalue weighted by molar-refractivity contribution is 7.92. The van der Waals surface area contributed by atoms with E-state index in [1.165, 1.54) is 42.6 Å². The first-order valence-electron chi connectivity index (χ1n) is 12.4. The number of nitrogens with one attached hydrogen (secondary N) is 2. The van der Waals surface area contributed by atoms with Gasteiger partial charge >= 0.3 is 0 Å². The molecule has 0 aliphatic rings. The Morgan fingerprint density at radius 3 is 2.16 bits per heavy atom. The molecule has 202 valence electrons. The van der Waals surface area contributed by atoms with Crippen LogP contribution in [-0.2, 0) is 10.0 Å². The highest BCUT2D eigenvalue weighted by atomic mass is 32.2. The lowest BCUT2D eigenvalue weighted by molar-refractivity contribution is 0.0955. The molecule has 0 radical (unpaired) electrons. The third-order valence-corrected chi connectivity index (χ3v) is 6.53. The van der Waals surface area contributed by atoms with Crippen molar-refractivity contribution in [3.8, 4) is 17.2 Å². The van der Waals surface area contributed by atoms with E-state index >= 15 is 0 Å². The Morgan fingerprint density at radius 1 is 0.842 bits per heavy atom. The van der Waals surface area contributed by atoms with Crippen molar-refractivity contribution < 1.29 is 27.4 Å². The lowest BCUT2D eigenvalue weighted by Gasteiger charge is -2.11. The van der Waals surface area contributed by atoms with E-state index in [0.717, 1.165) is 12.8 Å². The molecule has 0 heterocycles. The molecule has 0 aliphatic heterocycles. The van der Waals surface area contributed by atoms with Crippen molar-refractivity contribution in [2.75, 3.05) is 24.5 Å². The molecule has 0 unspecified atom stereocenters. The summed E-state index contributed by atoms with van der Waals surface area (Å²) >= 11 is 0. The van der Waals surface area contributed by atoms with Crippen LogP contribution in [0.2, 0.25) is 0 Å². The summed E-state index contributed by atoms with van der Waals surface area (Å²) in [4.78, 5) is 12.6. The van der Waals surface area contributed by atoms with Crippen LogP contribution in [0.3, 0.4) is 0 Å². The molecular weight excluding hydrogens is 506 g/mol. The average molecular weight is 540 g/mol. The molecular formula is C28H33N3O6S. The Hall–Kier alpha value is -4.05. The molecule has 3 aromatic carbocycles. The maximum atomic E-state index is 12.7. The minimum Gasteiger partial charge on any atom is -0.494 e. The number of carbonyl (C=O) groups is 1. The molecule has 0 bridgehead atoms. The molecule has 0 saturated carbocycles. The van der Waals surface area contributed by atoms with Crippen LogP contribution in [0.15, 0.2) is 76.7 Å². The minimum atomic E-state index is -3.79. The van der Waals surface area contributed by atoms with Gasteiger partial charge in [0.2, 0.25) is 0 Å². The summed E-state index contributed by atoms with van der Waals surface area (Å²) in [5, 5.41) is 4.05. The molecule has 2 N–H and O–H groups in total. The van der Waals surface area contributed by atoms with Crippen molar-refractivity contribution >= 4 is 27.8 Å². The van der Waals surface area contributed by atoms with Gasteiger partial charge in [0.15, 0.2) is 0 Å². The molecule has 3 aromatic rings. The first-order chi connectivity index (χ1) is 18.4. The predicted octanol–water partition coefficient (Wildman–Crippen LogP) is 5.23. The summed E-state index contributed by atoms with van der Waals surface area (Å²) in [5.41, 5.74) is 3.82. The van der Waals surface area contributed by atoms with E-state index < -0.39 is 15.9 Å². The number of hydrazone groups is 1. The van der Waals surface area contributed by atoms with Crippen molar-refractivity contribution in [3.63, 3.8) is 0 Å². The molecule has 3 rings (SSSR count). The summed E-state index contributed by atoms with van der Waals surface area (Å²) in [6.07, 6.45) is 3.25. The van der Waals surface area contributed by atoms with Gasteiger partial charge in [-0.3, -0.25) is 9.52 Å². The number of carbonyl (C=O) groups excluding carboxylic acids is 1. The van der Waals surface area contributed by atoms with Crippen LogP contribution in [0.1, 0.15) is 49.5 Å². The Bertz CT molecular complexity index is 1320. The van der Waals surface area contributed by atoms with Crippen LogP contribution in [-0.4, -0.2) is 40.4 Å². The van der Waals surface area contributed by atoms with Crippen LogP contribution in [0.5, 0.6) is 17.2 Å². The third-order valence-electron chi connectivity index (χ3n) is 5.13. The van der Waals surface area contributed by atoms with Crippen LogP contribution in [0.4, 0.5) is 5.69 Å². The summed E-state index contributed by atoms with van der Waals surface area (Å²) in [6, 6.07) is 17.6. The molecule has 38 heavy (non-hydrogen) atoms. The van der Waals surface area contributed by atoms with Gasteiger partial charge in [-0.2, -0.15) is 5.10 Å². The predicted molar refractivity (Wildman–Crippen MR) is 148 cm³/mol. The minimum absolute atomic E-state index is 0.101. The van der Waals surface area contributed by atoms with Gasteiger partial charge < -0.3 is 14.2 Å². The van der Waals surface area contributed by atoms with Crippen molar-refractivity contribution in [1.29, 1.82) is 0 Å². The number of anilines is 1. The van der Waals surface area contributed by atoms with E-state index in [-0.39, 0.29) is 4.90 Å². The van der Waals surface area contributed by atoms with Crippen molar-refractivity contribution in [3.05, 3.63) is 77.9 Å². The van der Waals surface area contributed by atoms with E-state index in [1.54, 1.807) is 12.1 Å². The fourth-order valence-corrected chi connectivity index (χ4v) is 4.34. The highest BCUT2D eigenvalue weighted by Gasteiger charge is 2.15. The Kier molecular flexibility index (Phi) is 10.5. The second-order valence-corrected chi connectivity index (χ2v) is 9.87. The molecule has 0 atom stereocenters. The van der Waals surface area contributed by atoms with Crippen molar-refractivity contribution in [2.45, 2.75) is 38.5 Å². The number of benzene rings is 3. The largest absolute Gasteiger partial charge is 0.494 e. The van der Waals surface area contributed by atoms with E-state index in [1.807, 2.05) is 39.0 Å². The molecule has 0 aliphatic carbocycles. The maximum absolute atomic E-state index is 12.7. The zero-order valence-corrected chi connectivity index (χ0v) is 22.6. The number of nitrogens with zero attached hydrogens (tertiary/aromatic N) is 1. The Balaban J connectivity index is 1.62. The van der Waals surface area contributed by atoms with Gasteiger partial charge in [0.25, 0.3) is 15.9 Å². The lowest BCUT2D eigenvalue weighted by atomic mass is 10.2. The number of sulfonamides is 1. The summed E-state index contributed by atoms with van der Waals surface area (Å²) in [5.74, 6) is 1.47. The SMILES string of the molecule is CCCOc1ccc(/C=N/NC(=O)c2ccc(NS(=O)(=O)c3ccc(OCC)cc3)cc2)c(OCCC)c1. The van der Waals surface area contributed by atoms with Crippen LogP contribution >= 0.6 is 0 Å². The van der Waals surface area contributed by atoms with Gasteiger partial charge in [0.05, 0.1) is 30.9 Å². The lowest BCUT2D eigenvalue weighted by Crippen LogP contribution is -2.18. The first-order valence-corrected chi connectivity index (χ1v) is 13.9. The van der Waals surface area contributed by atoms with Gasteiger partial charge in [0.1, 0.15) is 17.2 Å². The zero-order valence-electron chi connectivity index (χ0n) is 21.8. The number of rotatable bonds is 14. The summed E-state index contributed by atoms with van der Waals surface area (Å²) < 4.78 is 44.6. The topological polar surface area (TPSA) is 115 Å². The van der Waals surface area contributed by atoms with Crippen molar-refractivity contribution in [1.82, 2.24) is 5.43 Å². The van der Waals surface area contributed by atoms with E-state index in [4.69, 9.17) is 14.2 Å². The number of amides is 1. The summed E-state index contributed by atoms with van der Waals surface area (Å²) in [7, 11) is -3.79.